The summed E-state index contributed by atoms with van der Waals surface area (Å²) in [5.41, 5.74) is -0.428. The van der Waals surface area contributed by atoms with Crippen molar-refractivity contribution in [2.45, 2.75) is 77.9 Å². The number of rotatable bonds is 6. The molecule has 1 unspecified atom stereocenters. The van der Waals surface area contributed by atoms with E-state index < -0.39 is 5.60 Å². The van der Waals surface area contributed by atoms with Crippen molar-refractivity contribution >= 4 is 6.09 Å². The second-order valence-electron chi connectivity index (χ2n) is 7.04. The fourth-order valence-corrected chi connectivity index (χ4v) is 2.60. The molecule has 1 fully saturated rings. The van der Waals surface area contributed by atoms with Crippen LogP contribution in [-0.2, 0) is 4.74 Å². The molecular weight excluding hydrogens is 252 g/mol. The van der Waals surface area contributed by atoms with Crippen LogP contribution in [0.5, 0.6) is 0 Å². The van der Waals surface area contributed by atoms with Gasteiger partial charge >= 0.3 is 6.09 Å². The summed E-state index contributed by atoms with van der Waals surface area (Å²) >= 11 is 0. The van der Waals surface area contributed by atoms with Crippen LogP contribution in [0.2, 0.25) is 0 Å². The number of hydrogen-bond acceptors (Lipinski definition) is 3. The van der Waals surface area contributed by atoms with E-state index in [4.69, 9.17) is 4.74 Å². The third kappa shape index (κ3) is 8.41. The Kier molecular flexibility index (Phi) is 7.35. The Labute approximate surface area is 124 Å². The Morgan fingerprint density at radius 1 is 1.25 bits per heavy atom. The molecule has 0 aromatic carbocycles. The van der Waals surface area contributed by atoms with E-state index in [0.29, 0.717) is 0 Å². The lowest BCUT2D eigenvalue weighted by Crippen LogP contribution is -2.39. The maximum absolute atomic E-state index is 11.6. The largest absolute Gasteiger partial charge is 0.444 e. The zero-order chi connectivity index (χ0) is 15.0. The third-order valence-electron chi connectivity index (χ3n) is 3.68. The Morgan fingerprint density at radius 3 is 2.50 bits per heavy atom. The van der Waals surface area contributed by atoms with Gasteiger partial charge in [0.2, 0.25) is 0 Å². The molecule has 1 saturated carbocycles. The molecule has 0 spiro atoms. The predicted octanol–water partition coefficient (Wildman–Crippen LogP) is 3.46. The van der Waals surface area contributed by atoms with Crippen molar-refractivity contribution in [3.05, 3.63) is 0 Å². The fourth-order valence-electron chi connectivity index (χ4n) is 2.60. The number of carbonyl (C=O) groups excluding carboxylic acids is 1. The van der Waals surface area contributed by atoms with Crippen molar-refractivity contribution in [2.24, 2.45) is 5.92 Å². The van der Waals surface area contributed by atoms with Gasteiger partial charge in [0.15, 0.2) is 0 Å². The van der Waals surface area contributed by atoms with Crippen LogP contribution in [0.3, 0.4) is 0 Å². The number of alkyl carbamates (subject to hydrolysis) is 1. The van der Waals surface area contributed by atoms with Gasteiger partial charge in [-0.2, -0.15) is 0 Å². The van der Waals surface area contributed by atoms with E-state index in [2.05, 4.69) is 10.6 Å². The fraction of sp³-hybridized carbons (Fsp3) is 0.938. The number of ether oxygens (including phenoxy) is 1. The molecule has 0 aromatic rings. The summed E-state index contributed by atoms with van der Waals surface area (Å²) in [4.78, 5) is 11.6. The zero-order valence-corrected chi connectivity index (χ0v) is 13.6. The second-order valence-corrected chi connectivity index (χ2v) is 7.04. The lowest BCUT2D eigenvalue weighted by molar-refractivity contribution is 0.0506. The lowest BCUT2D eigenvalue weighted by Gasteiger charge is -2.23. The molecule has 0 aliphatic heterocycles. The maximum Gasteiger partial charge on any atom is 0.407 e. The third-order valence-corrected chi connectivity index (χ3v) is 3.68. The Hall–Kier alpha value is -0.770. The highest BCUT2D eigenvalue weighted by Crippen LogP contribution is 2.22. The molecule has 0 radical (unpaired) electrons. The van der Waals surface area contributed by atoms with Crippen molar-refractivity contribution < 1.29 is 9.53 Å². The Morgan fingerprint density at radius 2 is 1.90 bits per heavy atom. The van der Waals surface area contributed by atoms with Gasteiger partial charge in [0.25, 0.3) is 0 Å². The lowest BCUT2D eigenvalue weighted by atomic mass is 9.89. The molecule has 0 bridgehead atoms. The maximum atomic E-state index is 11.6. The minimum Gasteiger partial charge on any atom is -0.444 e. The highest BCUT2D eigenvalue weighted by molar-refractivity contribution is 5.67. The molecule has 1 aliphatic rings. The molecule has 20 heavy (non-hydrogen) atoms. The minimum absolute atomic E-state index is 0.142. The summed E-state index contributed by atoms with van der Waals surface area (Å²) in [5.74, 6) is 0.859. The average Bonchev–Trinajstić information content (AvgIpc) is 2.33. The van der Waals surface area contributed by atoms with E-state index in [0.717, 1.165) is 25.4 Å². The van der Waals surface area contributed by atoms with E-state index in [-0.39, 0.29) is 12.1 Å². The summed E-state index contributed by atoms with van der Waals surface area (Å²) in [7, 11) is 0. The van der Waals surface area contributed by atoms with Crippen molar-refractivity contribution in [3.63, 3.8) is 0 Å². The predicted molar refractivity (Wildman–Crippen MR) is 82.9 cm³/mol. The molecule has 1 amide bonds. The number of nitrogens with one attached hydrogen (secondary N) is 2. The molecule has 118 valence electrons. The summed E-state index contributed by atoms with van der Waals surface area (Å²) in [5, 5.41) is 6.39. The molecule has 0 heterocycles. The highest BCUT2D eigenvalue weighted by Gasteiger charge is 2.17. The van der Waals surface area contributed by atoms with Gasteiger partial charge in [-0.05, 0) is 66.0 Å². The highest BCUT2D eigenvalue weighted by atomic mass is 16.6. The standard InChI is InChI=1S/C16H32N2O2/c1-13(18-15(19)20-16(2,3)4)10-11-17-12-14-8-6-5-7-9-14/h13-14,17H,5-12H2,1-4H3,(H,18,19). The first-order chi connectivity index (χ1) is 9.37. The number of amides is 1. The van der Waals surface area contributed by atoms with Crippen molar-refractivity contribution in [1.82, 2.24) is 10.6 Å². The van der Waals surface area contributed by atoms with Gasteiger partial charge in [0.05, 0.1) is 0 Å². The topological polar surface area (TPSA) is 50.4 Å². The van der Waals surface area contributed by atoms with Crippen LogP contribution in [0, 0.1) is 5.92 Å². The van der Waals surface area contributed by atoms with E-state index in [1.54, 1.807) is 0 Å². The SMILES string of the molecule is CC(CCNCC1CCCCC1)NC(=O)OC(C)(C)C. The average molecular weight is 284 g/mol. The summed E-state index contributed by atoms with van der Waals surface area (Å²) in [6, 6.07) is 0.142. The van der Waals surface area contributed by atoms with Gasteiger partial charge in [-0.1, -0.05) is 19.3 Å². The smallest absolute Gasteiger partial charge is 0.407 e. The first-order valence-corrected chi connectivity index (χ1v) is 8.07. The molecule has 4 nitrogen and oxygen atoms in total. The van der Waals surface area contributed by atoms with E-state index >= 15 is 0 Å². The first kappa shape index (κ1) is 17.3. The summed E-state index contributed by atoms with van der Waals surface area (Å²) < 4.78 is 5.24. The monoisotopic (exact) mass is 284 g/mol. The van der Waals surface area contributed by atoms with Crippen LogP contribution < -0.4 is 10.6 Å². The van der Waals surface area contributed by atoms with Crippen LogP contribution in [0.15, 0.2) is 0 Å². The van der Waals surface area contributed by atoms with Gasteiger partial charge < -0.3 is 15.4 Å². The normalized spacial score (nSPS) is 18.6. The van der Waals surface area contributed by atoms with Gasteiger partial charge in [-0.3, -0.25) is 0 Å². The first-order valence-electron chi connectivity index (χ1n) is 8.07. The molecular formula is C16H32N2O2. The van der Waals surface area contributed by atoms with Gasteiger partial charge in [0, 0.05) is 6.04 Å². The van der Waals surface area contributed by atoms with Crippen molar-refractivity contribution in [3.8, 4) is 0 Å². The molecule has 1 rings (SSSR count). The zero-order valence-electron chi connectivity index (χ0n) is 13.6. The van der Waals surface area contributed by atoms with Crippen LogP contribution in [-0.4, -0.2) is 30.8 Å². The Bertz CT molecular complexity index is 281. The van der Waals surface area contributed by atoms with Crippen LogP contribution in [0.1, 0.15) is 66.2 Å². The van der Waals surface area contributed by atoms with Gasteiger partial charge in [-0.15, -0.1) is 0 Å². The molecule has 0 aromatic heterocycles. The number of carbonyl (C=O) groups is 1. The molecule has 0 saturated heterocycles. The Balaban J connectivity index is 2.04. The molecule has 1 aliphatic carbocycles. The van der Waals surface area contributed by atoms with Crippen molar-refractivity contribution in [1.29, 1.82) is 0 Å². The summed E-state index contributed by atoms with van der Waals surface area (Å²) in [6.07, 6.45) is 7.56. The second kappa shape index (κ2) is 8.50. The van der Waals surface area contributed by atoms with E-state index in [9.17, 15) is 4.79 Å². The van der Waals surface area contributed by atoms with Crippen molar-refractivity contribution in [2.75, 3.05) is 13.1 Å². The minimum atomic E-state index is -0.428. The van der Waals surface area contributed by atoms with E-state index in [1.165, 1.54) is 32.1 Å². The van der Waals surface area contributed by atoms with Gasteiger partial charge in [0.1, 0.15) is 5.60 Å². The van der Waals surface area contributed by atoms with Crippen LogP contribution >= 0.6 is 0 Å². The molecule has 1 atom stereocenters. The van der Waals surface area contributed by atoms with Crippen LogP contribution in [0.4, 0.5) is 4.79 Å². The van der Waals surface area contributed by atoms with Gasteiger partial charge in [-0.25, -0.2) is 4.79 Å². The number of hydrogen-bond donors (Lipinski definition) is 2. The molecule has 4 heteroatoms. The van der Waals surface area contributed by atoms with Crippen LogP contribution in [0.25, 0.3) is 0 Å². The molecule has 2 N–H and O–H groups in total. The quantitative estimate of drug-likeness (QED) is 0.734. The summed E-state index contributed by atoms with van der Waals surface area (Å²) in [6.45, 7) is 9.73. The van der Waals surface area contributed by atoms with E-state index in [1.807, 2.05) is 27.7 Å².